The molecule has 6 nitrogen and oxygen atoms in total. The molecule has 0 fully saturated rings. The first-order chi connectivity index (χ1) is 5.11. The lowest BCUT2D eigenvalue weighted by molar-refractivity contribution is -0.402. The van der Waals surface area contributed by atoms with Crippen LogP contribution >= 0.6 is 0 Å². The van der Waals surface area contributed by atoms with E-state index < -0.39 is 22.5 Å². The van der Waals surface area contributed by atoms with Crippen molar-refractivity contribution in [1.29, 1.82) is 0 Å². The largest absolute Gasteiger partial charge is 0.542 e. The zero-order valence-corrected chi connectivity index (χ0v) is 5.14. The van der Waals surface area contributed by atoms with Crippen molar-refractivity contribution in [2.75, 3.05) is 0 Å². The molecule has 0 atom stereocenters. The Morgan fingerprint density at radius 1 is 1.55 bits per heavy atom. The number of nitrogens with zero attached hydrogens (tertiary/aromatic N) is 1. The third-order valence-corrected chi connectivity index (χ3v) is 0.973. The maximum absolute atomic E-state index is 10.0. The monoisotopic (exact) mass is 156 g/mol. The fourth-order valence-electron chi connectivity index (χ4n) is 0.536. The molecule has 0 spiro atoms. The first-order valence-electron chi connectivity index (χ1n) is 2.57. The molecule has 1 aromatic rings. The highest BCUT2D eigenvalue weighted by molar-refractivity contribution is 5.82. The van der Waals surface area contributed by atoms with Gasteiger partial charge in [0, 0.05) is 0 Å². The van der Waals surface area contributed by atoms with Gasteiger partial charge in [-0.25, -0.2) is 0 Å². The number of hydrogen-bond acceptors (Lipinski definition) is 5. The Kier molecular flexibility index (Phi) is 1.59. The van der Waals surface area contributed by atoms with Crippen LogP contribution in [-0.2, 0) is 0 Å². The van der Waals surface area contributed by atoms with Crippen LogP contribution in [0.3, 0.4) is 0 Å². The standard InChI is InChI=1S/C5H3NO5/c7-5(8)3-1-2-4(11-3)6(9)10/h1-2H,(H,7,8)/p-1. The van der Waals surface area contributed by atoms with Crippen molar-refractivity contribution in [3.05, 3.63) is 28.0 Å². The van der Waals surface area contributed by atoms with Crippen LogP contribution in [0.1, 0.15) is 10.6 Å². The SMILES string of the molecule is O=C([O-])c1ccc([N+](=O)[O-])o1. The maximum atomic E-state index is 10.0. The van der Waals surface area contributed by atoms with Gasteiger partial charge in [-0.05, 0) is 6.07 Å². The minimum Gasteiger partial charge on any atom is -0.542 e. The molecule has 0 N–H and O–H groups in total. The molecule has 0 bridgehead atoms. The predicted octanol–water partition coefficient (Wildman–Crippen LogP) is -0.449. The van der Waals surface area contributed by atoms with E-state index in [0.717, 1.165) is 12.1 Å². The van der Waals surface area contributed by atoms with Gasteiger partial charge in [0.25, 0.3) is 0 Å². The molecule has 0 aliphatic carbocycles. The number of carbonyl (C=O) groups excluding carboxylic acids is 1. The Morgan fingerprint density at radius 3 is 2.45 bits per heavy atom. The molecular weight excluding hydrogens is 154 g/mol. The summed E-state index contributed by atoms with van der Waals surface area (Å²) in [6.45, 7) is 0. The Bertz CT molecular complexity index is 273. The van der Waals surface area contributed by atoms with E-state index in [4.69, 9.17) is 0 Å². The highest BCUT2D eigenvalue weighted by atomic mass is 16.6. The number of aromatic carboxylic acids is 1. The van der Waals surface area contributed by atoms with Crippen LogP contribution in [0.2, 0.25) is 0 Å². The van der Waals surface area contributed by atoms with Crippen molar-refractivity contribution in [3.63, 3.8) is 0 Å². The average Bonchev–Trinajstić information content (AvgIpc) is 2.33. The smallest absolute Gasteiger partial charge is 0.433 e. The summed E-state index contributed by atoms with van der Waals surface area (Å²) >= 11 is 0. The van der Waals surface area contributed by atoms with Gasteiger partial charge in [0.15, 0.2) is 5.76 Å². The minimum absolute atomic E-state index is 0.545. The third-order valence-electron chi connectivity index (χ3n) is 0.973. The number of rotatable bonds is 2. The molecule has 11 heavy (non-hydrogen) atoms. The van der Waals surface area contributed by atoms with E-state index in [0.29, 0.717) is 0 Å². The Labute approximate surface area is 60.2 Å². The van der Waals surface area contributed by atoms with Gasteiger partial charge in [-0.2, -0.15) is 0 Å². The van der Waals surface area contributed by atoms with Gasteiger partial charge in [0.2, 0.25) is 0 Å². The topological polar surface area (TPSA) is 96.4 Å². The molecule has 0 unspecified atom stereocenters. The van der Waals surface area contributed by atoms with Gasteiger partial charge in [0.1, 0.15) is 10.9 Å². The van der Waals surface area contributed by atoms with E-state index in [1.807, 2.05) is 0 Å². The second kappa shape index (κ2) is 2.41. The van der Waals surface area contributed by atoms with Gasteiger partial charge in [-0.1, -0.05) is 0 Å². The summed E-state index contributed by atoms with van der Waals surface area (Å²) in [5.41, 5.74) is 0. The lowest BCUT2D eigenvalue weighted by Crippen LogP contribution is -2.21. The van der Waals surface area contributed by atoms with Gasteiger partial charge >= 0.3 is 5.88 Å². The van der Waals surface area contributed by atoms with E-state index in [2.05, 4.69) is 4.42 Å². The maximum Gasteiger partial charge on any atom is 0.433 e. The lowest BCUT2D eigenvalue weighted by Gasteiger charge is -1.91. The molecule has 1 heterocycles. The van der Waals surface area contributed by atoms with Crippen molar-refractivity contribution < 1.29 is 19.2 Å². The lowest BCUT2D eigenvalue weighted by atomic mass is 10.5. The summed E-state index contributed by atoms with van der Waals surface area (Å²) in [4.78, 5) is 19.1. The van der Waals surface area contributed by atoms with Crippen LogP contribution in [0.15, 0.2) is 16.5 Å². The number of nitro groups is 1. The first kappa shape index (κ1) is 7.26. The second-order valence-corrected chi connectivity index (χ2v) is 1.68. The summed E-state index contributed by atoms with van der Waals surface area (Å²) < 4.78 is 4.25. The number of hydrogen-bond donors (Lipinski definition) is 0. The molecule has 0 aliphatic rings. The number of furan rings is 1. The predicted molar refractivity (Wildman–Crippen MR) is 29.7 cm³/mol. The zero-order valence-electron chi connectivity index (χ0n) is 5.14. The fraction of sp³-hybridized carbons (Fsp3) is 0. The van der Waals surface area contributed by atoms with Crippen LogP contribution in [-0.4, -0.2) is 10.9 Å². The molecule has 0 aromatic carbocycles. The van der Waals surface area contributed by atoms with Crippen LogP contribution in [0, 0.1) is 10.1 Å². The molecule has 1 rings (SSSR count). The average molecular weight is 156 g/mol. The summed E-state index contributed by atoms with van der Waals surface area (Å²) in [6, 6.07) is 1.92. The van der Waals surface area contributed by atoms with Crippen LogP contribution < -0.4 is 5.11 Å². The molecule has 0 amide bonds. The Balaban J connectivity index is 2.99. The molecule has 58 valence electrons. The number of carboxylic acid groups (broad SMARTS) is 1. The van der Waals surface area contributed by atoms with Crippen LogP contribution in [0.25, 0.3) is 0 Å². The molecule has 6 heteroatoms. The first-order valence-corrected chi connectivity index (χ1v) is 2.57. The second-order valence-electron chi connectivity index (χ2n) is 1.68. The Morgan fingerprint density at radius 2 is 2.18 bits per heavy atom. The third kappa shape index (κ3) is 1.34. The molecule has 0 radical (unpaired) electrons. The highest BCUT2D eigenvalue weighted by Crippen LogP contribution is 2.14. The highest BCUT2D eigenvalue weighted by Gasteiger charge is 2.11. The van der Waals surface area contributed by atoms with Crippen molar-refractivity contribution in [2.24, 2.45) is 0 Å². The van der Waals surface area contributed by atoms with E-state index in [1.165, 1.54) is 0 Å². The molecule has 1 aromatic heterocycles. The van der Waals surface area contributed by atoms with Gasteiger partial charge < -0.3 is 14.3 Å². The van der Waals surface area contributed by atoms with E-state index in [1.54, 1.807) is 0 Å². The van der Waals surface area contributed by atoms with Crippen molar-refractivity contribution in [2.45, 2.75) is 0 Å². The molecule has 0 aliphatic heterocycles. The normalized spacial score (nSPS) is 9.45. The van der Waals surface area contributed by atoms with Crippen molar-refractivity contribution in [1.82, 2.24) is 0 Å². The summed E-state index contributed by atoms with van der Waals surface area (Å²) in [7, 11) is 0. The summed E-state index contributed by atoms with van der Waals surface area (Å²) in [5, 5.41) is 19.9. The van der Waals surface area contributed by atoms with Gasteiger partial charge in [-0.15, -0.1) is 0 Å². The molecule has 0 saturated carbocycles. The molecular formula is C5H2NO5-. The number of carboxylic acids is 1. The van der Waals surface area contributed by atoms with Gasteiger partial charge in [0.05, 0.1) is 6.07 Å². The van der Waals surface area contributed by atoms with Crippen molar-refractivity contribution >= 4 is 11.9 Å². The van der Waals surface area contributed by atoms with E-state index in [9.17, 15) is 20.0 Å². The summed E-state index contributed by atoms with van der Waals surface area (Å²) in [6.07, 6.45) is 0. The molecule has 0 saturated heterocycles. The fourth-order valence-corrected chi connectivity index (χ4v) is 0.536. The Hall–Kier alpha value is -1.85. The van der Waals surface area contributed by atoms with Crippen LogP contribution in [0.4, 0.5) is 5.88 Å². The summed E-state index contributed by atoms with van der Waals surface area (Å²) in [5.74, 6) is -2.72. The minimum atomic E-state index is -1.57. The van der Waals surface area contributed by atoms with Crippen molar-refractivity contribution in [3.8, 4) is 0 Å². The van der Waals surface area contributed by atoms with E-state index in [-0.39, 0.29) is 0 Å². The van der Waals surface area contributed by atoms with Crippen LogP contribution in [0.5, 0.6) is 0 Å². The van der Waals surface area contributed by atoms with E-state index >= 15 is 0 Å². The number of carbonyl (C=O) groups is 1. The quantitative estimate of drug-likeness (QED) is 0.426. The zero-order chi connectivity index (χ0) is 8.43. The van der Waals surface area contributed by atoms with Gasteiger partial charge in [-0.3, -0.25) is 10.1 Å².